The van der Waals surface area contributed by atoms with Crippen LogP contribution in [0.2, 0.25) is 0 Å². The first kappa shape index (κ1) is 20.0. The maximum absolute atomic E-state index is 12.9. The van der Waals surface area contributed by atoms with Gasteiger partial charge in [0.15, 0.2) is 0 Å². The molecule has 4 aliphatic rings. The lowest BCUT2D eigenvalue weighted by Gasteiger charge is -2.42. The number of hydrogen-bond acceptors (Lipinski definition) is 5. The van der Waals surface area contributed by atoms with Gasteiger partial charge in [0.1, 0.15) is 5.60 Å². The van der Waals surface area contributed by atoms with E-state index >= 15 is 0 Å². The molecule has 2 saturated heterocycles. The summed E-state index contributed by atoms with van der Waals surface area (Å²) < 4.78 is 5.83. The number of carbonyl (C=O) groups excluding carboxylic acids is 2. The normalized spacial score (nSPS) is 25.3. The lowest BCUT2D eigenvalue weighted by molar-refractivity contribution is -0.136. The molecule has 0 unspecified atom stereocenters. The highest BCUT2D eigenvalue weighted by Gasteiger charge is 2.47. The van der Waals surface area contributed by atoms with E-state index in [4.69, 9.17) is 4.74 Å². The zero-order valence-corrected chi connectivity index (χ0v) is 17.9. The summed E-state index contributed by atoms with van der Waals surface area (Å²) in [5.41, 5.74) is 1.25. The standard InChI is InChI=1S/C24H33N3O3/c28-22(27-16-14-26(15-17-27)19-6-2-1-3-7-19)18-25-12-10-24(11-13-25)21-9-5-4-8-20(21)23(29)30-24/h4-5,8-9,19H,1-3,6-7,10-18H2. The smallest absolute Gasteiger partial charge is 0.339 e. The van der Waals surface area contributed by atoms with Gasteiger partial charge in [0.2, 0.25) is 5.91 Å². The van der Waals surface area contributed by atoms with Crippen LogP contribution in [0.15, 0.2) is 24.3 Å². The minimum absolute atomic E-state index is 0.203. The number of benzene rings is 1. The Morgan fingerprint density at radius 1 is 0.967 bits per heavy atom. The fourth-order valence-corrected chi connectivity index (χ4v) is 5.86. The van der Waals surface area contributed by atoms with Gasteiger partial charge in [-0.2, -0.15) is 0 Å². The van der Waals surface area contributed by atoms with E-state index in [-0.39, 0.29) is 11.9 Å². The lowest BCUT2D eigenvalue weighted by atomic mass is 9.84. The van der Waals surface area contributed by atoms with E-state index in [0.29, 0.717) is 12.1 Å². The van der Waals surface area contributed by atoms with Gasteiger partial charge in [-0.25, -0.2) is 4.79 Å². The Morgan fingerprint density at radius 2 is 1.67 bits per heavy atom. The third-order valence-corrected chi connectivity index (χ3v) is 7.71. The van der Waals surface area contributed by atoms with E-state index in [1.165, 1.54) is 32.1 Å². The van der Waals surface area contributed by atoms with Gasteiger partial charge in [0.05, 0.1) is 12.1 Å². The van der Waals surface area contributed by atoms with Crippen LogP contribution in [0.25, 0.3) is 0 Å². The summed E-state index contributed by atoms with van der Waals surface area (Å²) in [5.74, 6) is 0.0454. The predicted octanol–water partition coefficient (Wildman–Crippen LogP) is 2.63. The Labute approximate surface area is 179 Å². The van der Waals surface area contributed by atoms with Gasteiger partial charge in [-0.1, -0.05) is 37.5 Å². The molecule has 0 atom stereocenters. The molecule has 1 aliphatic carbocycles. The van der Waals surface area contributed by atoms with Crippen molar-refractivity contribution in [3.63, 3.8) is 0 Å². The molecule has 1 spiro atoms. The van der Waals surface area contributed by atoms with E-state index in [1.807, 2.05) is 24.3 Å². The molecule has 162 valence electrons. The monoisotopic (exact) mass is 411 g/mol. The molecule has 0 aromatic heterocycles. The van der Waals surface area contributed by atoms with E-state index in [9.17, 15) is 9.59 Å². The van der Waals surface area contributed by atoms with Gasteiger partial charge in [0.25, 0.3) is 0 Å². The van der Waals surface area contributed by atoms with Crippen LogP contribution in [0.5, 0.6) is 0 Å². The summed E-state index contributed by atoms with van der Waals surface area (Å²) in [6.45, 7) is 5.81. The van der Waals surface area contributed by atoms with Gasteiger partial charge in [-0.05, 0) is 18.9 Å². The first-order valence-electron chi connectivity index (χ1n) is 11.7. The summed E-state index contributed by atoms with van der Waals surface area (Å²) in [6, 6.07) is 8.49. The second kappa shape index (κ2) is 8.31. The molecule has 1 amide bonds. The van der Waals surface area contributed by atoms with Crippen molar-refractivity contribution in [1.29, 1.82) is 0 Å². The summed E-state index contributed by atoms with van der Waals surface area (Å²) in [7, 11) is 0. The van der Waals surface area contributed by atoms with Gasteiger partial charge < -0.3 is 9.64 Å². The summed E-state index contributed by atoms with van der Waals surface area (Å²) in [6.07, 6.45) is 8.29. The molecule has 1 saturated carbocycles. The third-order valence-electron chi connectivity index (χ3n) is 7.71. The highest BCUT2D eigenvalue weighted by molar-refractivity contribution is 5.94. The second-order valence-corrected chi connectivity index (χ2v) is 9.41. The topological polar surface area (TPSA) is 53.1 Å². The number of hydrogen-bond donors (Lipinski definition) is 0. The Kier molecular flexibility index (Phi) is 5.54. The molecule has 1 aromatic rings. The zero-order chi connectivity index (χ0) is 20.6. The number of piperazine rings is 1. The Hall–Kier alpha value is -1.92. The van der Waals surface area contributed by atoms with Crippen molar-refractivity contribution >= 4 is 11.9 Å². The van der Waals surface area contributed by atoms with Gasteiger partial charge in [-0.3, -0.25) is 14.6 Å². The highest BCUT2D eigenvalue weighted by atomic mass is 16.6. The zero-order valence-electron chi connectivity index (χ0n) is 17.9. The predicted molar refractivity (Wildman–Crippen MR) is 114 cm³/mol. The fraction of sp³-hybridized carbons (Fsp3) is 0.667. The Morgan fingerprint density at radius 3 is 2.40 bits per heavy atom. The summed E-state index contributed by atoms with van der Waals surface area (Å²) in [4.78, 5) is 32.0. The number of nitrogens with zero attached hydrogens (tertiary/aromatic N) is 3. The van der Waals surface area contributed by atoms with Crippen molar-refractivity contribution in [2.45, 2.75) is 56.6 Å². The quantitative estimate of drug-likeness (QED) is 0.716. The van der Waals surface area contributed by atoms with E-state index in [2.05, 4.69) is 14.7 Å². The number of carbonyl (C=O) groups is 2. The molecule has 3 fully saturated rings. The molecule has 1 aromatic carbocycles. The number of esters is 1. The van der Waals surface area contributed by atoms with E-state index < -0.39 is 5.60 Å². The van der Waals surface area contributed by atoms with Gasteiger partial charge in [0, 0.05) is 63.7 Å². The van der Waals surface area contributed by atoms with Crippen LogP contribution in [0.4, 0.5) is 0 Å². The minimum Gasteiger partial charge on any atom is -0.450 e. The largest absolute Gasteiger partial charge is 0.450 e. The van der Waals surface area contributed by atoms with Crippen LogP contribution in [-0.4, -0.2) is 78.4 Å². The van der Waals surface area contributed by atoms with E-state index in [0.717, 1.165) is 63.7 Å². The Balaban J connectivity index is 1.12. The van der Waals surface area contributed by atoms with Crippen molar-refractivity contribution in [2.24, 2.45) is 0 Å². The summed E-state index contributed by atoms with van der Waals surface area (Å²) in [5, 5.41) is 0. The van der Waals surface area contributed by atoms with Gasteiger partial charge >= 0.3 is 5.97 Å². The molecule has 6 heteroatoms. The number of fused-ring (bicyclic) bond motifs is 2. The maximum Gasteiger partial charge on any atom is 0.339 e. The van der Waals surface area contributed by atoms with Crippen LogP contribution in [0.3, 0.4) is 0 Å². The minimum atomic E-state index is -0.487. The van der Waals surface area contributed by atoms with Crippen LogP contribution < -0.4 is 0 Å². The number of piperidine rings is 1. The lowest BCUT2D eigenvalue weighted by Crippen LogP contribution is -2.54. The number of amides is 1. The SMILES string of the molecule is O=C1OC2(CCN(CC(=O)N3CCN(C4CCCCC4)CC3)CC2)c2ccccc21. The number of ether oxygens (including phenoxy) is 1. The second-order valence-electron chi connectivity index (χ2n) is 9.41. The molecule has 3 heterocycles. The average Bonchev–Trinajstić information content (AvgIpc) is 3.08. The maximum atomic E-state index is 12.9. The molecular formula is C24H33N3O3. The summed E-state index contributed by atoms with van der Waals surface area (Å²) >= 11 is 0. The third kappa shape index (κ3) is 3.76. The highest BCUT2D eigenvalue weighted by Crippen LogP contribution is 2.43. The molecule has 5 rings (SSSR count). The molecule has 30 heavy (non-hydrogen) atoms. The van der Waals surface area contributed by atoms with Crippen molar-refractivity contribution < 1.29 is 14.3 Å². The van der Waals surface area contributed by atoms with Crippen molar-refractivity contribution in [2.75, 3.05) is 45.8 Å². The van der Waals surface area contributed by atoms with Crippen LogP contribution in [-0.2, 0) is 15.1 Å². The van der Waals surface area contributed by atoms with Crippen molar-refractivity contribution in [3.05, 3.63) is 35.4 Å². The molecule has 0 bridgehead atoms. The molecule has 6 nitrogen and oxygen atoms in total. The molecule has 3 aliphatic heterocycles. The van der Waals surface area contributed by atoms with Crippen molar-refractivity contribution in [3.8, 4) is 0 Å². The van der Waals surface area contributed by atoms with Crippen LogP contribution in [0.1, 0.15) is 60.9 Å². The Bertz CT molecular complexity index is 789. The number of rotatable bonds is 3. The van der Waals surface area contributed by atoms with Gasteiger partial charge in [-0.15, -0.1) is 0 Å². The van der Waals surface area contributed by atoms with Crippen molar-refractivity contribution in [1.82, 2.24) is 14.7 Å². The average molecular weight is 412 g/mol. The number of likely N-dealkylation sites (tertiary alicyclic amines) is 1. The first-order chi connectivity index (χ1) is 14.6. The molecule has 0 radical (unpaired) electrons. The molecule has 0 N–H and O–H groups in total. The van der Waals surface area contributed by atoms with Crippen LogP contribution in [0, 0.1) is 0 Å². The first-order valence-corrected chi connectivity index (χ1v) is 11.7. The van der Waals surface area contributed by atoms with Crippen LogP contribution >= 0.6 is 0 Å². The fourth-order valence-electron chi connectivity index (χ4n) is 5.86. The molecular weight excluding hydrogens is 378 g/mol. The van der Waals surface area contributed by atoms with E-state index in [1.54, 1.807) is 0 Å².